The quantitative estimate of drug-likeness (QED) is 0.683. The summed E-state index contributed by atoms with van der Waals surface area (Å²) >= 11 is 0. The summed E-state index contributed by atoms with van der Waals surface area (Å²) in [7, 11) is 0. The SMILES string of the molecule is N#CC(C=O)c1ncc2ccccc2n1. The fraction of sp³-hybridized carbons (Fsp3) is 0.0909. The van der Waals surface area contributed by atoms with Gasteiger partial charge >= 0.3 is 0 Å². The molecule has 1 heterocycles. The summed E-state index contributed by atoms with van der Waals surface area (Å²) in [4.78, 5) is 18.7. The summed E-state index contributed by atoms with van der Waals surface area (Å²) in [5.41, 5.74) is 0.740. The first-order valence-corrected chi connectivity index (χ1v) is 4.42. The molecule has 1 unspecified atom stereocenters. The molecule has 0 aliphatic heterocycles. The molecule has 0 bridgehead atoms. The van der Waals surface area contributed by atoms with E-state index >= 15 is 0 Å². The average Bonchev–Trinajstić information content (AvgIpc) is 2.30. The Kier molecular flexibility index (Phi) is 2.38. The van der Waals surface area contributed by atoms with Gasteiger partial charge in [0, 0.05) is 11.6 Å². The standard InChI is InChI=1S/C11H7N3O/c12-5-9(7-15)11-13-6-8-3-1-2-4-10(8)14-11/h1-4,6-7,9H. The third-order valence-electron chi connectivity index (χ3n) is 2.06. The second-order valence-corrected chi connectivity index (χ2v) is 3.03. The van der Waals surface area contributed by atoms with Crippen molar-refractivity contribution in [2.24, 2.45) is 0 Å². The molecular formula is C11H7N3O. The van der Waals surface area contributed by atoms with Gasteiger partial charge in [-0.1, -0.05) is 18.2 Å². The van der Waals surface area contributed by atoms with Gasteiger partial charge in [0.15, 0.2) is 11.7 Å². The second kappa shape index (κ2) is 3.84. The van der Waals surface area contributed by atoms with Crippen LogP contribution in [0.1, 0.15) is 11.7 Å². The highest BCUT2D eigenvalue weighted by atomic mass is 16.1. The molecule has 1 aromatic heterocycles. The third kappa shape index (κ3) is 1.67. The molecule has 4 nitrogen and oxygen atoms in total. The van der Waals surface area contributed by atoms with Gasteiger partial charge in [-0.15, -0.1) is 0 Å². The zero-order chi connectivity index (χ0) is 10.7. The van der Waals surface area contributed by atoms with E-state index < -0.39 is 5.92 Å². The van der Waals surface area contributed by atoms with Crippen molar-refractivity contribution in [3.8, 4) is 6.07 Å². The van der Waals surface area contributed by atoms with E-state index in [1.807, 2.05) is 30.3 Å². The highest BCUT2D eigenvalue weighted by Gasteiger charge is 2.12. The van der Waals surface area contributed by atoms with E-state index in [9.17, 15) is 4.79 Å². The number of rotatable bonds is 2. The van der Waals surface area contributed by atoms with Gasteiger partial charge in [0.25, 0.3) is 0 Å². The molecule has 0 saturated carbocycles. The van der Waals surface area contributed by atoms with Crippen molar-refractivity contribution >= 4 is 17.2 Å². The summed E-state index contributed by atoms with van der Waals surface area (Å²) < 4.78 is 0. The van der Waals surface area contributed by atoms with E-state index in [0.717, 1.165) is 10.9 Å². The van der Waals surface area contributed by atoms with Crippen LogP contribution >= 0.6 is 0 Å². The monoisotopic (exact) mass is 197 g/mol. The van der Waals surface area contributed by atoms with Crippen molar-refractivity contribution < 1.29 is 4.79 Å². The van der Waals surface area contributed by atoms with Crippen LogP contribution < -0.4 is 0 Å². The Balaban J connectivity index is 2.56. The van der Waals surface area contributed by atoms with Gasteiger partial charge < -0.3 is 4.79 Å². The van der Waals surface area contributed by atoms with Crippen LogP contribution in [-0.2, 0) is 4.79 Å². The van der Waals surface area contributed by atoms with Crippen molar-refractivity contribution in [3.05, 3.63) is 36.3 Å². The number of para-hydroxylation sites is 1. The zero-order valence-corrected chi connectivity index (χ0v) is 7.79. The topological polar surface area (TPSA) is 66.6 Å². The summed E-state index contributed by atoms with van der Waals surface area (Å²) in [6.07, 6.45) is 2.16. The molecule has 0 aliphatic carbocycles. The first-order valence-electron chi connectivity index (χ1n) is 4.42. The number of hydrogen-bond donors (Lipinski definition) is 0. The van der Waals surface area contributed by atoms with Crippen LogP contribution in [0.4, 0.5) is 0 Å². The number of nitriles is 1. The van der Waals surface area contributed by atoms with Crippen molar-refractivity contribution in [1.29, 1.82) is 5.26 Å². The molecular weight excluding hydrogens is 190 g/mol. The minimum absolute atomic E-state index is 0.256. The van der Waals surface area contributed by atoms with E-state index in [2.05, 4.69) is 9.97 Å². The molecule has 0 aliphatic rings. The molecule has 4 heteroatoms. The molecule has 0 amide bonds. The Morgan fingerprint density at radius 1 is 1.40 bits per heavy atom. The minimum atomic E-state index is -0.880. The number of aromatic nitrogens is 2. The molecule has 2 rings (SSSR count). The van der Waals surface area contributed by atoms with Crippen molar-refractivity contribution in [2.75, 3.05) is 0 Å². The van der Waals surface area contributed by atoms with Crippen molar-refractivity contribution in [2.45, 2.75) is 5.92 Å². The number of carbonyl (C=O) groups excluding carboxylic acids is 1. The number of carbonyl (C=O) groups is 1. The fourth-order valence-corrected chi connectivity index (χ4v) is 1.29. The van der Waals surface area contributed by atoms with Gasteiger partial charge in [0.2, 0.25) is 0 Å². The van der Waals surface area contributed by atoms with Gasteiger partial charge in [-0.05, 0) is 6.07 Å². The molecule has 2 aromatic rings. The molecule has 1 aromatic carbocycles. The first-order chi connectivity index (χ1) is 7.35. The van der Waals surface area contributed by atoms with E-state index in [1.165, 1.54) is 0 Å². The highest BCUT2D eigenvalue weighted by Crippen LogP contribution is 2.13. The van der Waals surface area contributed by atoms with Crippen molar-refractivity contribution in [3.63, 3.8) is 0 Å². The average molecular weight is 197 g/mol. The Hall–Kier alpha value is -2.28. The molecule has 1 atom stereocenters. The van der Waals surface area contributed by atoms with Gasteiger partial charge in [-0.25, -0.2) is 9.97 Å². The van der Waals surface area contributed by atoms with Crippen LogP contribution in [0.5, 0.6) is 0 Å². The number of hydrogen-bond acceptors (Lipinski definition) is 4. The summed E-state index contributed by atoms with van der Waals surface area (Å²) in [6.45, 7) is 0. The zero-order valence-electron chi connectivity index (χ0n) is 7.79. The lowest BCUT2D eigenvalue weighted by Gasteiger charge is -2.01. The lowest BCUT2D eigenvalue weighted by Crippen LogP contribution is -2.03. The third-order valence-corrected chi connectivity index (χ3v) is 2.06. The summed E-state index contributed by atoms with van der Waals surface area (Å²) in [5.74, 6) is -0.624. The molecule has 72 valence electrons. The first kappa shape index (κ1) is 9.28. The van der Waals surface area contributed by atoms with Crippen LogP contribution in [0.3, 0.4) is 0 Å². The predicted octanol–water partition coefficient (Wildman–Crippen LogP) is 1.44. The smallest absolute Gasteiger partial charge is 0.161 e. The lowest BCUT2D eigenvalue weighted by atomic mass is 10.1. The van der Waals surface area contributed by atoms with Crippen LogP contribution in [0.2, 0.25) is 0 Å². The molecule has 0 radical (unpaired) electrons. The summed E-state index contributed by atoms with van der Waals surface area (Å²) in [6, 6.07) is 9.27. The van der Waals surface area contributed by atoms with Gasteiger partial charge in [-0.3, -0.25) is 0 Å². The van der Waals surface area contributed by atoms with E-state index in [1.54, 1.807) is 6.20 Å². The van der Waals surface area contributed by atoms with Crippen molar-refractivity contribution in [1.82, 2.24) is 9.97 Å². The molecule has 0 spiro atoms. The molecule has 0 N–H and O–H groups in total. The Labute approximate surface area is 86.2 Å². The second-order valence-electron chi connectivity index (χ2n) is 3.03. The number of nitrogens with zero attached hydrogens (tertiary/aromatic N) is 3. The van der Waals surface area contributed by atoms with Gasteiger partial charge in [-0.2, -0.15) is 5.26 Å². The number of fused-ring (bicyclic) bond motifs is 1. The molecule has 0 fully saturated rings. The molecule has 15 heavy (non-hydrogen) atoms. The van der Waals surface area contributed by atoms with Crippen LogP contribution in [-0.4, -0.2) is 16.3 Å². The van der Waals surface area contributed by atoms with E-state index in [-0.39, 0.29) is 5.82 Å². The van der Waals surface area contributed by atoms with Crippen LogP contribution in [0.25, 0.3) is 10.9 Å². The minimum Gasteiger partial charge on any atom is -0.301 e. The number of aldehydes is 1. The fourth-order valence-electron chi connectivity index (χ4n) is 1.29. The highest BCUT2D eigenvalue weighted by molar-refractivity contribution is 5.78. The van der Waals surface area contributed by atoms with Gasteiger partial charge in [0.05, 0.1) is 11.6 Å². The largest absolute Gasteiger partial charge is 0.301 e. The maximum atomic E-state index is 10.6. The van der Waals surface area contributed by atoms with Crippen LogP contribution in [0, 0.1) is 11.3 Å². The maximum absolute atomic E-state index is 10.6. The molecule has 0 saturated heterocycles. The normalized spacial score (nSPS) is 11.9. The summed E-state index contributed by atoms with van der Waals surface area (Å²) in [5, 5.41) is 9.58. The van der Waals surface area contributed by atoms with Crippen LogP contribution in [0.15, 0.2) is 30.5 Å². The lowest BCUT2D eigenvalue weighted by molar-refractivity contribution is -0.108. The van der Waals surface area contributed by atoms with Gasteiger partial charge in [0.1, 0.15) is 6.29 Å². The Morgan fingerprint density at radius 3 is 2.93 bits per heavy atom. The predicted molar refractivity (Wildman–Crippen MR) is 54.0 cm³/mol. The Morgan fingerprint density at radius 2 is 2.20 bits per heavy atom. The number of benzene rings is 1. The van der Waals surface area contributed by atoms with E-state index in [4.69, 9.17) is 5.26 Å². The Bertz CT molecular complexity index is 545. The maximum Gasteiger partial charge on any atom is 0.161 e. The van der Waals surface area contributed by atoms with E-state index in [0.29, 0.717) is 6.29 Å².